The second-order valence-electron chi connectivity index (χ2n) is 4.97. The largest absolute Gasteiger partial charge is 0.444 e. The molecule has 0 saturated carbocycles. The normalized spacial score (nSPS) is 13.5. The average Bonchev–Trinajstić information content (AvgIpc) is 2.62. The first-order chi connectivity index (χ1) is 7.84. The average molecular weight is 323 g/mol. The van der Waals surface area contributed by atoms with Crippen LogP contribution in [0.4, 0.5) is 0 Å². The van der Waals surface area contributed by atoms with E-state index < -0.39 is 0 Å². The highest BCUT2D eigenvalue weighted by Crippen LogP contribution is 2.23. The summed E-state index contributed by atoms with van der Waals surface area (Å²) in [5, 5.41) is 2.95. The lowest BCUT2D eigenvalue weighted by atomic mass is 9.85. The molecule has 0 saturated heterocycles. The van der Waals surface area contributed by atoms with Crippen molar-refractivity contribution in [2.45, 2.75) is 33.2 Å². The third-order valence-electron chi connectivity index (χ3n) is 2.55. The highest BCUT2D eigenvalue weighted by Gasteiger charge is 2.26. The minimum atomic E-state index is -0.208. The summed E-state index contributed by atoms with van der Waals surface area (Å²) in [5.74, 6) is 0.616. The summed E-state index contributed by atoms with van der Waals surface area (Å²) in [7, 11) is 0. The Kier molecular flexibility index (Phi) is 5.07. The van der Waals surface area contributed by atoms with Crippen molar-refractivity contribution in [2.24, 2.45) is 5.41 Å². The zero-order valence-electron chi connectivity index (χ0n) is 10.2. The predicted molar refractivity (Wildman–Crippen MR) is 72.5 cm³/mol. The number of furan rings is 1. The van der Waals surface area contributed by atoms with Crippen molar-refractivity contribution in [3.63, 3.8) is 0 Å². The molecule has 5 heteroatoms. The zero-order chi connectivity index (χ0) is 13.1. The molecule has 1 amide bonds. The number of halogens is 2. The lowest BCUT2D eigenvalue weighted by molar-refractivity contribution is 0.0871. The molecule has 0 bridgehead atoms. The summed E-state index contributed by atoms with van der Waals surface area (Å²) in [4.78, 5) is 11.9. The molecule has 1 aromatic rings. The maximum atomic E-state index is 11.9. The van der Waals surface area contributed by atoms with Crippen molar-refractivity contribution >= 4 is 33.4 Å². The van der Waals surface area contributed by atoms with Gasteiger partial charge in [0.2, 0.25) is 0 Å². The Hall–Kier alpha value is -0.480. The first kappa shape index (κ1) is 14.6. The molecule has 1 atom stereocenters. The number of carbonyl (C=O) groups excluding carboxylic acids is 1. The molecule has 1 N–H and O–H groups in total. The molecule has 1 rings (SSSR count). The molecule has 0 fully saturated rings. The minimum absolute atomic E-state index is 0.0244. The fourth-order valence-electron chi connectivity index (χ4n) is 1.50. The number of carbonyl (C=O) groups is 1. The number of nitrogens with one attached hydrogen (secondary N) is 1. The Morgan fingerprint density at radius 1 is 1.53 bits per heavy atom. The van der Waals surface area contributed by atoms with Crippen molar-refractivity contribution in [2.75, 3.05) is 5.88 Å². The standard InChI is InChI=1S/C12H17BrClNO2/c1-12(2,3)9(6-7-14)15-11(16)8-4-5-10(13)17-8/h4-5,9H,6-7H2,1-3H3,(H,15,16). The van der Waals surface area contributed by atoms with Gasteiger partial charge >= 0.3 is 0 Å². The van der Waals surface area contributed by atoms with E-state index in [2.05, 4.69) is 42.0 Å². The van der Waals surface area contributed by atoms with Crippen LogP contribution in [-0.2, 0) is 0 Å². The van der Waals surface area contributed by atoms with Crippen LogP contribution in [0.3, 0.4) is 0 Å². The van der Waals surface area contributed by atoms with Gasteiger partial charge in [-0.1, -0.05) is 20.8 Å². The number of hydrogen-bond acceptors (Lipinski definition) is 2. The van der Waals surface area contributed by atoms with E-state index in [1.807, 2.05) is 0 Å². The Morgan fingerprint density at radius 3 is 2.59 bits per heavy atom. The van der Waals surface area contributed by atoms with Gasteiger partial charge < -0.3 is 9.73 Å². The van der Waals surface area contributed by atoms with Crippen LogP contribution in [0.15, 0.2) is 21.2 Å². The fourth-order valence-corrected chi connectivity index (χ4v) is 2.02. The predicted octanol–water partition coefficient (Wildman–Crippen LogP) is 3.82. The number of hydrogen-bond donors (Lipinski definition) is 1. The first-order valence-corrected chi connectivity index (χ1v) is 6.79. The van der Waals surface area contributed by atoms with E-state index in [1.54, 1.807) is 12.1 Å². The summed E-state index contributed by atoms with van der Waals surface area (Å²) in [5.41, 5.74) is -0.0334. The Balaban J connectivity index is 2.71. The molecule has 1 heterocycles. The van der Waals surface area contributed by atoms with Crippen LogP contribution in [0.5, 0.6) is 0 Å². The lowest BCUT2D eigenvalue weighted by Gasteiger charge is -2.30. The summed E-state index contributed by atoms with van der Waals surface area (Å²) in [6.07, 6.45) is 0.735. The van der Waals surface area contributed by atoms with E-state index in [1.165, 1.54) is 0 Å². The van der Waals surface area contributed by atoms with E-state index in [-0.39, 0.29) is 17.4 Å². The van der Waals surface area contributed by atoms with Gasteiger partial charge in [-0.25, -0.2) is 0 Å². The molecule has 0 aliphatic carbocycles. The third kappa shape index (κ3) is 4.36. The number of alkyl halides is 1. The van der Waals surface area contributed by atoms with Crippen molar-refractivity contribution in [3.8, 4) is 0 Å². The van der Waals surface area contributed by atoms with Crippen LogP contribution in [0.25, 0.3) is 0 Å². The van der Waals surface area contributed by atoms with Crippen molar-refractivity contribution in [1.82, 2.24) is 5.32 Å². The number of rotatable bonds is 4. The Labute approximate surface area is 115 Å². The molecule has 96 valence electrons. The summed E-state index contributed by atoms with van der Waals surface area (Å²) in [6.45, 7) is 6.22. The molecule has 0 aliphatic heterocycles. The molecular weight excluding hydrogens is 305 g/mol. The highest BCUT2D eigenvalue weighted by molar-refractivity contribution is 9.10. The van der Waals surface area contributed by atoms with E-state index in [0.717, 1.165) is 6.42 Å². The van der Waals surface area contributed by atoms with Crippen LogP contribution in [0.2, 0.25) is 0 Å². The van der Waals surface area contributed by atoms with Crippen LogP contribution in [0.1, 0.15) is 37.7 Å². The third-order valence-corrected chi connectivity index (χ3v) is 3.19. The monoisotopic (exact) mass is 321 g/mol. The summed E-state index contributed by atoms with van der Waals surface area (Å²) >= 11 is 8.92. The van der Waals surface area contributed by atoms with Gasteiger partial charge in [-0.15, -0.1) is 11.6 Å². The molecule has 1 unspecified atom stereocenters. The van der Waals surface area contributed by atoms with Gasteiger partial charge in [0.1, 0.15) is 0 Å². The summed E-state index contributed by atoms with van der Waals surface area (Å²) < 4.78 is 5.76. The van der Waals surface area contributed by atoms with E-state index >= 15 is 0 Å². The molecule has 3 nitrogen and oxygen atoms in total. The second-order valence-corrected chi connectivity index (χ2v) is 6.13. The molecule has 0 spiro atoms. The molecule has 0 aromatic carbocycles. The summed E-state index contributed by atoms with van der Waals surface area (Å²) in [6, 6.07) is 3.36. The van der Waals surface area contributed by atoms with Gasteiger partial charge in [0, 0.05) is 11.9 Å². The minimum Gasteiger partial charge on any atom is -0.444 e. The highest BCUT2D eigenvalue weighted by atomic mass is 79.9. The van der Waals surface area contributed by atoms with Crippen LogP contribution in [-0.4, -0.2) is 17.8 Å². The first-order valence-electron chi connectivity index (χ1n) is 5.46. The van der Waals surface area contributed by atoms with Crippen molar-refractivity contribution in [3.05, 3.63) is 22.6 Å². The molecule has 0 radical (unpaired) electrons. The number of amides is 1. The van der Waals surface area contributed by atoms with Crippen LogP contribution in [0, 0.1) is 5.41 Å². The maximum Gasteiger partial charge on any atom is 0.287 e. The van der Waals surface area contributed by atoms with Crippen LogP contribution >= 0.6 is 27.5 Å². The maximum absolute atomic E-state index is 11.9. The van der Waals surface area contributed by atoms with Gasteiger partial charge in [0.15, 0.2) is 10.4 Å². The van der Waals surface area contributed by atoms with Crippen molar-refractivity contribution < 1.29 is 9.21 Å². The van der Waals surface area contributed by atoms with Gasteiger partial charge in [-0.2, -0.15) is 0 Å². The molecular formula is C12H17BrClNO2. The second kappa shape index (κ2) is 5.91. The van der Waals surface area contributed by atoms with Gasteiger partial charge in [-0.3, -0.25) is 4.79 Å². The van der Waals surface area contributed by atoms with Gasteiger partial charge in [-0.05, 0) is 39.9 Å². The van der Waals surface area contributed by atoms with Gasteiger partial charge in [0.05, 0.1) is 0 Å². The van der Waals surface area contributed by atoms with E-state index in [9.17, 15) is 4.79 Å². The quantitative estimate of drug-likeness (QED) is 0.856. The molecule has 0 aliphatic rings. The van der Waals surface area contributed by atoms with E-state index in [0.29, 0.717) is 16.3 Å². The topological polar surface area (TPSA) is 42.2 Å². The van der Waals surface area contributed by atoms with E-state index in [4.69, 9.17) is 16.0 Å². The fraction of sp³-hybridized carbons (Fsp3) is 0.583. The zero-order valence-corrected chi connectivity index (χ0v) is 12.6. The van der Waals surface area contributed by atoms with Crippen molar-refractivity contribution in [1.29, 1.82) is 0 Å². The van der Waals surface area contributed by atoms with Gasteiger partial charge in [0.25, 0.3) is 5.91 Å². The Bertz CT molecular complexity index is 384. The molecule has 17 heavy (non-hydrogen) atoms. The SMILES string of the molecule is CC(C)(C)C(CCCl)NC(=O)c1ccc(Br)o1. The molecule has 1 aromatic heterocycles. The smallest absolute Gasteiger partial charge is 0.287 e. The Morgan fingerprint density at radius 2 is 2.18 bits per heavy atom. The lowest BCUT2D eigenvalue weighted by Crippen LogP contribution is -2.43. The van der Waals surface area contributed by atoms with Crippen LogP contribution < -0.4 is 5.32 Å².